The van der Waals surface area contributed by atoms with Gasteiger partial charge in [0.05, 0.1) is 7.11 Å². The molecule has 2 aliphatic rings. The van der Waals surface area contributed by atoms with Gasteiger partial charge in [-0.2, -0.15) is 0 Å². The van der Waals surface area contributed by atoms with Crippen molar-refractivity contribution in [1.29, 1.82) is 0 Å². The van der Waals surface area contributed by atoms with Crippen LogP contribution < -0.4 is 10.1 Å². The van der Waals surface area contributed by atoms with E-state index in [2.05, 4.69) is 23.5 Å². The summed E-state index contributed by atoms with van der Waals surface area (Å²) in [5.41, 5.74) is 2.86. The van der Waals surface area contributed by atoms with E-state index >= 15 is 0 Å². The maximum Gasteiger partial charge on any atom is 0.119 e. The van der Waals surface area contributed by atoms with Gasteiger partial charge < -0.3 is 10.1 Å². The molecule has 0 amide bonds. The second-order valence-electron chi connectivity index (χ2n) is 5.80. The molecule has 0 bridgehead atoms. The molecule has 1 unspecified atom stereocenters. The Labute approximate surface area is 123 Å². The molecule has 1 aliphatic heterocycles. The molecular formula is C16H23NO2S. The summed E-state index contributed by atoms with van der Waals surface area (Å²) in [6.07, 6.45) is 5.70. The molecule has 1 fully saturated rings. The van der Waals surface area contributed by atoms with Gasteiger partial charge in [-0.3, -0.25) is 4.21 Å². The lowest BCUT2D eigenvalue weighted by Crippen LogP contribution is -2.39. The predicted octanol–water partition coefficient (Wildman–Crippen LogP) is 2.57. The Morgan fingerprint density at radius 1 is 1.25 bits per heavy atom. The van der Waals surface area contributed by atoms with Gasteiger partial charge in [-0.15, -0.1) is 0 Å². The number of hydrogen-bond acceptors (Lipinski definition) is 3. The summed E-state index contributed by atoms with van der Waals surface area (Å²) in [7, 11) is 1.15. The molecular weight excluding hydrogens is 270 g/mol. The van der Waals surface area contributed by atoms with Gasteiger partial charge in [0.2, 0.25) is 0 Å². The van der Waals surface area contributed by atoms with Crippen molar-refractivity contribution in [2.75, 3.05) is 18.6 Å². The lowest BCUT2D eigenvalue weighted by Gasteiger charge is -2.32. The normalized spacial score (nSPS) is 29.8. The Balaban J connectivity index is 1.73. The van der Waals surface area contributed by atoms with E-state index in [0.29, 0.717) is 12.1 Å². The molecule has 0 aromatic heterocycles. The highest BCUT2D eigenvalue weighted by atomic mass is 32.2. The van der Waals surface area contributed by atoms with Gasteiger partial charge in [-0.1, -0.05) is 6.07 Å². The van der Waals surface area contributed by atoms with Crippen LogP contribution in [0.1, 0.15) is 42.9 Å². The third-order valence-electron chi connectivity index (χ3n) is 4.49. The van der Waals surface area contributed by atoms with Crippen LogP contribution in [-0.4, -0.2) is 28.9 Å². The zero-order chi connectivity index (χ0) is 13.9. The van der Waals surface area contributed by atoms with Crippen LogP contribution in [0.25, 0.3) is 0 Å². The van der Waals surface area contributed by atoms with Crippen molar-refractivity contribution < 1.29 is 8.95 Å². The largest absolute Gasteiger partial charge is 0.497 e. The Bertz CT molecular complexity index is 493. The smallest absolute Gasteiger partial charge is 0.119 e. The van der Waals surface area contributed by atoms with Crippen LogP contribution >= 0.6 is 0 Å². The standard InChI is InChI=1S/C16H23NO2S/c1-19-14-6-5-12-3-2-4-16(15(12)11-14)17-13-7-9-20(18)10-8-13/h5-6,11,13,16-17H,2-4,7-10H2,1H3. The Hall–Kier alpha value is -0.870. The highest BCUT2D eigenvalue weighted by Crippen LogP contribution is 2.33. The van der Waals surface area contributed by atoms with Crippen molar-refractivity contribution in [3.8, 4) is 5.75 Å². The van der Waals surface area contributed by atoms with Crippen LogP contribution in [0, 0.1) is 0 Å². The average molecular weight is 293 g/mol. The number of ether oxygens (including phenoxy) is 1. The summed E-state index contributed by atoms with van der Waals surface area (Å²) in [6.45, 7) is 0. The lowest BCUT2D eigenvalue weighted by molar-refractivity contribution is 0.372. The SMILES string of the molecule is COc1ccc2c(c1)C(NC1CCS(=O)CC1)CCC2. The number of fused-ring (bicyclic) bond motifs is 1. The van der Waals surface area contributed by atoms with Gasteiger partial charge in [0, 0.05) is 34.4 Å². The van der Waals surface area contributed by atoms with Crippen LogP contribution in [0.4, 0.5) is 0 Å². The molecule has 1 aromatic rings. The van der Waals surface area contributed by atoms with Crippen molar-refractivity contribution in [2.45, 2.75) is 44.2 Å². The molecule has 4 heteroatoms. The fraction of sp³-hybridized carbons (Fsp3) is 0.625. The minimum absolute atomic E-state index is 0.436. The summed E-state index contributed by atoms with van der Waals surface area (Å²) in [4.78, 5) is 0. The van der Waals surface area contributed by atoms with E-state index in [0.717, 1.165) is 30.1 Å². The number of hydrogen-bond donors (Lipinski definition) is 1. The fourth-order valence-electron chi connectivity index (χ4n) is 3.32. The Kier molecular flexibility index (Phi) is 4.41. The first-order chi connectivity index (χ1) is 9.76. The number of aryl methyl sites for hydroxylation is 1. The molecule has 0 saturated carbocycles. The molecule has 1 N–H and O–H groups in total. The molecule has 1 saturated heterocycles. The van der Waals surface area contributed by atoms with Gasteiger partial charge in [-0.05, 0) is 55.4 Å². The third-order valence-corrected chi connectivity index (χ3v) is 5.87. The van der Waals surface area contributed by atoms with Crippen molar-refractivity contribution in [1.82, 2.24) is 5.32 Å². The van der Waals surface area contributed by atoms with Gasteiger partial charge in [-0.25, -0.2) is 0 Å². The van der Waals surface area contributed by atoms with E-state index in [1.54, 1.807) is 7.11 Å². The molecule has 0 radical (unpaired) electrons. The maximum atomic E-state index is 11.4. The summed E-state index contributed by atoms with van der Waals surface area (Å²) in [6, 6.07) is 7.41. The second kappa shape index (κ2) is 6.27. The van der Waals surface area contributed by atoms with Crippen LogP contribution in [0.15, 0.2) is 18.2 Å². The fourth-order valence-corrected chi connectivity index (χ4v) is 4.62. The third kappa shape index (κ3) is 3.07. The van der Waals surface area contributed by atoms with Crippen molar-refractivity contribution >= 4 is 10.8 Å². The van der Waals surface area contributed by atoms with E-state index in [1.807, 2.05) is 0 Å². The quantitative estimate of drug-likeness (QED) is 0.931. The first-order valence-corrected chi connectivity index (χ1v) is 9.03. The first-order valence-electron chi connectivity index (χ1n) is 7.54. The average Bonchev–Trinajstić information content (AvgIpc) is 2.49. The molecule has 3 rings (SSSR count). The topological polar surface area (TPSA) is 38.3 Å². The van der Waals surface area contributed by atoms with Crippen LogP contribution in [0.5, 0.6) is 5.75 Å². The van der Waals surface area contributed by atoms with Crippen molar-refractivity contribution in [3.05, 3.63) is 29.3 Å². The number of rotatable bonds is 3. The predicted molar refractivity (Wildman–Crippen MR) is 82.7 cm³/mol. The molecule has 1 aliphatic carbocycles. The lowest BCUT2D eigenvalue weighted by atomic mass is 9.87. The highest BCUT2D eigenvalue weighted by Gasteiger charge is 2.25. The maximum absolute atomic E-state index is 11.4. The van der Waals surface area contributed by atoms with E-state index in [1.165, 1.54) is 30.4 Å². The second-order valence-corrected chi connectivity index (χ2v) is 7.49. The molecule has 0 spiro atoms. The van der Waals surface area contributed by atoms with Crippen LogP contribution in [0.3, 0.4) is 0 Å². The van der Waals surface area contributed by atoms with Crippen LogP contribution in [-0.2, 0) is 17.2 Å². The summed E-state index contributed by atoms with van der Waals surface area (Å²) in [5, 5.41) is 3.80. The van der Waals surface area contributed by atoms with E-state index in [-0.39, 0.29) is 0 Å². The Morgan fingerprint density at radius 2 is 2.05 bits per heavy atom. The Morgan fingerprint density at radius 3 is 2.80 bits per heavy atom. The summed E-state index contributed by atoms with van der Waals surface area (Å²) >= 11 is 0. The molecule has 1 aromatic carbocycles. The van der Waals surface area contributed by atoms with Gasteiger partial charge in [0.25, 0.3) is 0 Å². The molecule has 3 nitrogen and oxygen atoms in total. The molecule has 1 atom stereocenters. The van der Waals surface area contributed by atoms with E-state index in [9.17, 15) is 4.21 Å². The monoisotopic (exact) mass is 293 g/mol. The number of benzene rings is 1. The van der Waals surface area contributed by atoms with Crippen molar-refractivity contribution in [3.63, 3.8) is 0 Å². The van der Waals surface area contributed by atoms with Gasteiger partial charge in [0.1, 0.15) is 5.75 Å². The number of methoxy groups -OCH3 is 1. The molecule has 110 valence electrons. The minimum atomic E-state index is -0.578. The summed E-state index contributed by atoms with van der Waals surface area (Å²) < 4.78 is 16.8. The zero-order valence-electron chi connectivity index (χ0n) is 12.1. The first kappa shape index (κ1) is 14.1. The summed E-state index contributed by atoms with van der Waals surface area (Å²) in [5.74, 6) is 2.66. The molecule has 20 heavy (non-hydrogen) atoms. The van der Waals surface area contributed by atoms with Crippen LogP contribution in [0.2, 0.25) is 0 Å². The minimum Gasteiger partial charge on any atom is -0.497 e. The zero-order valence-corrected chi connectivity index (χ0v) is 12.9. The van der Waals surface area contributed by atoms with E-state index < -0.39 is 10.8 Å². The van der Waals surface area contributed by atoms with E-state index in [4.69, 9.17) is 4.74 Å². The van der Waals surface area contributed by atoms with Gasteiger partial charge in [0.15, 0.2) is 0 Å². The van der Waals surface area contributed by atoms with Crippen molar-refractivity contribution in [2.24, 2.45) is 0 Å². The van der Waals surface area contributed by atoms with Gasteiger partial charge >= 0.3 is 0 Å². The molecule has 1 heterocycles. The number of nitrogens with one attached hydrogen (secondary N) is 1. The highest BCUT2D eigenvalue weighted by molar-refractivity contribution is 7.85.